The molecule has 3 nitrogen and oxygen atoms in total. The highest BCUT2D eigenvalue weighted by Gasteiger charge is 2.17. The summed E-state index contributed by atoms with van der Waals surface area (Å²) in [7, 11) is 0. The van der Waals surface area contributed by atoms with Gasteiger partial charge in [0.25, 0.3) is 0 Å². The highest BCUT2D eigenvalue weighted by molar-refractivity contribution is 5.28. The van der Waals surface area contributed by atoms with Gasteiger partial charge in [0.1, 0.15) is 12.4 Å². The van der Waals surface area contributed by atoms with Gasteiger partial charge in [-0.1, -0.05) is 42.5 Å². The Bertz CT molecular complexity index is 608. The van der Waals surface area contributed by atoms with Crippen molar-refractivity contribution in [2.24, 2.45) is 0 Å². The molecule has 0 bridgehead atoms. The highest BCUT2D eigenvalue weighted by atomic mass is 16.5. The Kier molecular flexibility index (Phi) is 6.27. The first-order chi connectivity index (χ1) is 11.8. The van der Waals surface area contributed by atoms with Crippen molar-refractivity contribution in [3.05, 3.63) is 65.7 Å². The molecule has 3 rings (SSSR count). The topological polar surface area (TPSA) is 21.7 Å². The van der Waals surface area contributed by atoms with E-state index < -0.39 is 0 Å². The van der Waals surface area contributed by atoms with Gasteiger partial charge in [0, 0.05) is 19.1 Å². The van der Waals surface area contributed by atoms with Gasteiger partial charge in [0.15, 0.2) is 0 Å². The second kappa shape index (κ2) is 8.86. The van der Waals surface area contributed by atoms with E-state index in [1.165, 1.54) is 17.5 Å². The molecule has 128 valence electrons. The first kappa shape index (κ1) is 17.0. The molecule has 0 aliphatic carbocycles. The number of rotatable bonds is 7. The molecule has 1 aliphatic heterocycles. The number of hydrogen-bond acceptors (Lipinski definition) is 3. The van der Waals surface area contributed by atoms with Gasteiger partial charge in [-0.05, 0) is 43.0 Å². The predicted molar refractivity (Wildman–Crippen MR) is 97.4 cm³/mol. The molecule has 1 saturated heterocycles. The summed E-state index contributed by atoms with van der Waals surface area (Å²) < 4.78 is 11.4. The van der Waals surface area contributed by atoms with Crippen molar-refractivity contribution in [1.82, 2.24) is 4.90 Å². The van der Waals surface area contributed by atoms with Crippen LogP contribution in [0, 0.1) is 0 Å². The smallest absolute Gasteiger partial charge is 0.119 e. The maximum atomic E-state index is 5.93. The molecule has 3 heteroatoms. The van der Waals surface area contributed by atoms with Crippen LogP contribution in [0.15, 0.2) is 54.6 Å². The number of nitrogens with zero attached hydrogens (tertiary/aromatic N) is 1. The van der Waals surface area contributed by atoms with Crippen molar-refractivity contribution in [3.63, 3.8) is 0 Å². The standard InChI is InChI=1S/C21H27NO2/c1-18(22-13-15-23-16-14-22)11-12-19-7-5-6-8-20(19)17-24-21-9-3-2-4-10-21/h2-10,18H,11-17H2,1H3. The summed E-state index contributed by atoms with van der Waals surface area (Å²) in [5.41, 5.74) is 2.68. The fraction of sp³-hybridized carbons (Fsp3) is 0.429. The molecule has 1 unspecified atom stereocenters. The van der Waals surface area contributed by atoms with E-state index in [4.69, 9.17) is 9.47 Å². The summed E-state index contributed by atoms with van der Waals surface area (Å²) >= 11 is 0. The zero-order valence-corrected chi connectivity index (χ0v) is 14.5. The number of ether oxygens (including phenoxy) is 2. The average Bonchev–Trinajstić information content (AvgIpc) is 2.66. The van der Waals surface area contributed by atoms with Crippen LogP contribution in [0.5, 0.6) is 5.75 Å². The van der Waals surface area contributed by atoms with E-state index in [1.807, 2.05) is 30.3 Å². The molecule has 2 aromatic carbocycles. The third-order valence-corrected chi connectivity index (χ3v) is 4.76. The van der Waals surface area contributed by atoms with E-state index in [0.717, 1.165) is 38.5 Å². The summed E-state index contributed by atoms with van der Waals surface area (Å²) in [6.07, 6.45) is 2.26. The lowest BCUT2D eigenvalue weighted by Crippen LogP contribution is -2.42. The third-order valence-electron chi connectivity index (χ3n) is 4.76. The van der Waals surface area contributed by atoms with Gasteiger partial charge in [-0.15, -0.1) is 0 Å². The van der Waals surface area contributed by atoms with Crippen LogP contribution in [0.4, 0.5) is 0 Å². The van der Waals surface area contributed by atoms with Crippen LogP contribution in [0.25, 0.3) is 0 Å². The largest absolute Gasteiger partial charge is 0.489 e. The number of hydrogen-bond donors (Lipinski definition) is 0. The van der Waals surface area contributed by atoms with Crippen molar-refractivity contribution in [1.29, 1.82) is 0 Å². The van der Waals surface area contributed by atoms with Crippen LogP contribution >= 0.6 is 0 Å². The van der Waals surface area contributed by atoms with Gasteiger partial charge in [-0.3, -0.25) is 4.90 Å². The Hall–Kier alpha value is -1.84. The van der Waals surface area contributed by atoms with Crippen LogP contribution in [0.3, 0.4) is 0 Å². The molecule has 2 aromatic rings. The molecule has 24 heavy (non-hydrogen) atoms. The number of para-hydroxylation sites is 1. The van der Waals surface area contributed by atoms with Gasteiger partial charge in [-0.25, -0.2) is 0 Å². The molecule has 1 fully saturated rings. The van der Waals surface area contributed by atoms with Crippen molar-refractivity contribution in [2.45, 2.75) is 32.4 Å². The van der Waals surface area contributed by atoms with Crippen LogP contribution < -0.4 is 4.74 Å². The molecule has 0 spiro atoms. The summed E-state index contributed by atoms with van der Waals surface area (Å²) in [6, 6.07) is 19.3. The monoisotopic (exact) mass is 325 g/mol. The van der Waals surface area contributed by atoms with Gasteiger partial charge in [-0.2, -0.15) is 0 Å². The molecule has 1 heterocycles. The maximum Gasteiger partial charge on any atom is 0.119 e. The Labute approximate surface area is 145 Å². The minimum absolute atomic E-state index is 0.594. The summed E-state index contributed by atoms with van der Waals surface area (Å²) in [4.78, 5) is 2.53. The molecule has 0 amide bonds. The summed E-state index contributed by atoms with van der Waals surface area (Å²) in [5, 5.41) is 0. The zero-order valence-electron chi connectivity index (χ0n) is 14.5. The quantitative estimate of drug-likeness (QED) is 0.770. The Morgan fingerprint density at radius 3 is 2.38 bits per heavy atom. The fourth-order valence-corrected chi connectivity index (χ4v) is 3.19. The SMILES string of the molecule is CC(CCc1ccccc1COc1ccccc1)N1CCOCC1. The molecule has 0 saturated carbocycles. The van der Waals surface area contributed by atoms with Crippen LogP contribution in [0.1, 0.15) is 24.5 Å². The van der Waals surface area contributed by atoms with Crippen LogP contribution in [-0.4, -0.2) is 37.2 Å². The number of morpholine rings is 1. The molecule has 1 aliphatic rings. The third kappa shape index (κ3) is 4.83. The van der Waals surface area contributed by atoms with Crippen molar-refractivity contribution in [3.8, 4) is 5.75 Å². The van der Waals surface area contributed by atoms with Gasteiger partial charge in [0.2, 0.25) is 0 Å². The van der Waals surface area contributed by atoms with Crippen LogP contribution in [-0.2, 0) is 17.8 Å². The first-order valence-corrected chi connectivity index (χ1v) is 8.89. The lowest BCUT2D eigenvalue weighted by Gasteiger charge is -2.32. The van der Waals surface area contributed by atoms with Crippen molar-refractivity contribution >= 4 is 0 Å². The van der Waals surface area contributed by atoms with E-state index >= 15 is 0 Å². The van der Waals surface area contributed by atoms with E-state index in [9.17, 15) is 0 Å². The number of aryl methyl sites for hydroxylation is 1. The normalized spacial score (nSPS) is 16.7. The lowest BCUT2D eigenvalue weighted by atomic mass is 10.0. The van der Waals surface area contributed by atoms with E-state index in [-0.39, 0.29) is 0 Å². The van der Waals surface area contributed by atoms with E-state index in [2.05, 4.69) is 36.1 Å². The number of benzene rings is 2. The average molecular weight is 325 g/mol. The Morgan fingerprint density at radius 1 is 0.958 bits per heavy atom. The second-order valence-electron chi connectivity index (χ2n) is 6.41. The first-order valence-electron chi connectivity index (χ1n) is 8.89. The van der Waals surface area contributed by atoms with Crippen molar-refractivity contribution in [2.75, 3.05) is 26.3 Å². The van der Waals surface area contributed by atoms with Gasteiger partial charge < -0.3 is 9.47 Å². The molecular formula is C21H27NO2. The Morgan fingerprint density at radius 2 is 1.62 bits per heavy atom. The molecule has 0 aromatic heterocycles. The van der Waals surface area contributed by atoms with E-state index in [1.54, 1.807) is 0 Å². The second-order valence-corrected chi connectivity index (χ2v) is 6.41. The summed E-state index contributed by atoms with van der Waals surface area (Å²) in [6.45, 7) is 6.80. The summed E-state index contributed by atoms with van der Waals surface area (Å²) in [5.74, 6) is 0.925. The van der Waals surface area contributed by atoms with Gasteiger partial charge >= 0.3 is 0 Å². The van der Waals surface area contributed by atoms with Crippen LogP contribution in [0.2, 0.25) is 0 Å². The zero-order chi connectivity index (χ0) is 16.6. The highest BCUT2D eigenvalue weighted by Crippen LogP contribution is 2.18. The Balaban J connectivity index is 1.55. The molecule has 1 atom stereocenters. The van der Waals surface area contributed by atoms with E-state index in [0.29, 0.717) is 12.6 Å². The van der Waals surface area contributed by atoms with Gasteiger partial charge in [0.05, 0.1) is 13.2 Å². The predicted octanol–water partition coefficient (Wildman–Crippen LogP) is 3.92. The molecule has 0 N–H and O–H groups in total. The van der Waals surface area contributed by atoms with Crippen molar-refractivity contribution < 1.29 is 9.47 Å². The fourth-order valence-electron chi connectivity index (χ4n) is 3.19. The minimum Gasteiger partial charge on any atom is -0.489 e. The molecule has 0 radical (unpaired) electrons. The molecular weight excluding hydrogens is 298 g/mol. The lowest BCUT2D eigenvalue weighted by molar-refractivity contribution is 0.0187. The maximum absolute atomic E-state index is 5.93. The minimum atomic E-state index is 0.594.